The molecule has 0 bridgehead atoms. The van der Waals surface area contributed by atoms with Crippen molar-refractivity contribution >= 4 is 41.5 Å². The molecular formula is C17H24Cl3N3O. The van der Waals surface area contributed by atoms with Gasteiger partial charge in [-0.15, -0.1) is 12.4 Å². The highest BCUT2D eigenvalue weighted by Gasteiger charge is 2.26. The van der Waals surface area contributed by atoms with E-state index in [2.05, 4.69) is 15.5 Å². The molecule has 0 aliphatic carbocycles. The molecule has 1 aromatic carbocycles. The Morgan fingerprint density at radius 1 is 1.21 bits per heavy atom. The third-order valence-electron chi connectivity index (χ3n) is 4.70. The van der Waals surface area contributed by atoms with Gasteiger partial charge in [-0.1, -0.05) is 29.3 Å². The number of hydrogen-bond donors (Lipinski definition) is 2. The molecular weight excluding hydrogens is 369 g/mol. The Kier molecular flexibility index (Phi) is 7.63. The molecule has 2 heterocycles. The number of rotatable bonds is 4. The fourth-order valence-electron chi connectivity index (χ4n) is 3.34. The minimum atomic E-state index is 0. The van der Waals surface area contributed by atoms with Gasteiger partial charge in [0.25, 0.3) is 0 Å². The normalized spacial score (nSPS) is 22.2. The summed E-state index contributed by atoms with van der Waals surface area (Å²) in [6.45, 7) is 3.81. The van der Waals surface area contributed by atoms with Crippen LogP contribution in [-0.2, 0) is 11.3 Å². The molecule has 2 N–H and O–H groups in total. The molecule has 1 atom stereocenters. The molecule has 2 saturated heterocycles. The second-order valence-electron chi connectivity index (χ2n) is 6.46. The van der Waals surface area contributed by atoms with E-state index in [4.69, 9.17) is 23.2 Å². The van der Waals surface area contributed by atoms with E-state index in [1.807, 2.05) is 18.2 Å². The van der Waals surface area contributed by atoms with Crippen LogP contribution < -0.4 is 10.6 Å². The third-order valence-corrected chi connectivity index (χ3v) is 5.44. The van der Waals surface area contributed by atoms with Gasteiger partial charge in [0.15, 0.2) is 0 Å². The van der Waals surface area contributed by atoms with Crippen LogP contribution in [0.2, 0.25) is 10.0 Å². The first kappa shape index (κ1) is 19.8. The first-order valence-electron chi connectivity index (χ1n) is 8.32. The van der Waals surface area contributed by atoms with Crippen LogP contribution in [0.4, 0.5) is 0 Å². The van der Waals surface area contributed by atoms with E-state index >= 15 is 0 Å². The van der Waals surface area contributed by atoms with Gasteiger partial charge in [-0.05, 0) is 49.9 Å². The quantitative estimate of drug-likeness (QED) is 0.827. The number of benzene rings is 1. The fourth-order valence-corrected chi connectivity index (χ4v) is 3.66. The van der Waals surface area contributed by atoms with Gasteiger partial charge in [-0.2, -0.15) is 0 Å². The highest BCUT2D eigenvalue weighted by Crippen LogP contribution is 2.24. The number of carbonyl (C=O) groups is 1. The predicted molar refractivity (Wildman–Crippen MR) is 101 cm³/mol. The third kappa shape index (κ3) is 5.24. The van der Waals surface area contributed by atoms with Crippen molar-refractivity contribution in [1.82, 2.24) is 15.5 Å². The molecule has 24 heavy (non-hydrogen) atoms. The molecule has 2 fully saturated rings. The SMILES string of the molecule is Cl.O=C(NC1CCN(Cc2ccc(Cl)c(Cl)c2)CC1)[C@@H]1CCCN1. The molecule has 7 heteroatoms. The maximum atomic E-state index is 12.1. The predicted octanol–water partition coefficient (Wildman–Crippen LogP) is 3.25. The van der Waals surface area contributed by atoms with Crippen LogP contribution in [0.1, 0.15) is 31.2 Å². The van der Waals surface area contributed by atoms with Crippen LogP contribution in [0.15, 0.2) is 18.2 Å². The van der Waals surface area contributed by atoms with E-state index in [1.54, 1.807) is 0 Å². The van der Waals surface area contributed by atoms with Crippen molar-refractivity contribution in [2.24, 2.45) is 0 Å². The fraction of sp³-hybridized carbons (Fsp3) is 0.588. The van der Waals surface area contributed by atoms with Crippen molar-refractivity contribution in [1.29, 1.82) is 0 Å². The summed E-state index contributed by atoms with van der Waals surface area (Å²) in [6.07, 6.45) is 4.06. The second kappa shape index (κ2) is 9.25. The maximum absolute atomic E-state index is 12.1. The van der Waals surface area contributed by atoms with Crippen LogP contribution in [0.3, 0.4) is 0 Å². The average Bonchev–Trinajstić information content (AvgIpc) is 3.07. The van der Waals surface area contributed by atoms with Crippen molar-refractivity contribution in [3.8, 4) is 0 Å². The molecule has 1 amide bonds. The monoisotopic (exact) mass is 391 g/mol. The van der Waals surface area contributed by atoms with Gasteiger partial charge in [0.1, 0.15) is 0 Å². The molecule has 0 saturated carbocycles. The van der Waals surface area contributed by atoms with Gasteiger partial charge in [0, 0.05) is 25.7 Å². The summed E-state index contributed by atoms with van der Waals surface area (Å²) in [5.41, 5.74) is 1.18. The van der Waals surface area contributed by atoms with E-state index in [0.717, 1.165) is 51.9 Å². The maximum Gasteiger partial charge on any atom is 0.237 e. The number of likely N-dealkylation sites (tertiary alicyclic amines) is 1. The average molecular weight is 393 g/mol. The van der Waals surface area contributed by atoms with E-state index < -0.39 is 0 Å². The molecule has 2 aliphatic rings. The van der Waals surface area contributed by atoms with Crippen LogP contribution in [0, 0.1) is 0 Å². The van der Waals surface area contributed by atoms with Crippen molar-refractivity contribution in [2.45, 2.75) is 44.3 Å². The lowest BCUT2D eigenvalue weighted by Gasteiger charge is -2.33. The molecule has 0 unspecified atom stereocenters. The summed E-state index contributed by atoms with van der Waals surface area (Å²) in [7, 11) is 0. The molecule has 0 spiro atoms. The standard InChI is InChI=1S/C17H23Cl2N3O.ClH/c18-14-4-3-12(10-15(14)19)11-22-8-5-13(6-9-22)21-17(23)16-2-1-7-20-16;/h3-4,10,13,16,20H,1-2,5-9,11H2,(H,21,23);1H/t16-;/m0./s1. The van der Waals surface area contributed by atoms with Crippen molar-refractivity contribution < 1.29 is 4.79 Å². The molecule has 0 aromatic heterocycles. The summed E-state index contributed by atoms with van der Waals surface area (Å²) in [4.78, 5) is 14.5. The Balaban J connectivity index is 0.00000208. The van der Waals surface area contributed by atoms with Crippen molar-refractivity contribution in [2.75, 3.05) is 19.6 Å². The zero-order chi connectivity index (χ0) is 16.2. The summed E-state index contributed by atoms with van der Waals surface area (Å²) in [6, 6.07) is 6.12. The highest BCUT2D eigenvalue weighted by molar-refractivity contribution is 6.42. The molecule has 134 valence electrons. The Hall–Kier alpha value is -0.520. The summed E-state index contributed by atoms with van der Waals surface area (Å²) < 4.78 is 0. The molecule has 1 aromatic rings. The minimum absolute atomic E-state index is 0. The number of nitrogens with zero attached hydrogens (tertiary/aromatic N) is 1. The second-order valence-corrected chi connectivity index (χ2v) is 7.27. The minimum Gasteiger partial charge on any atom is -0.352 e. The van der Waals surface area contributed by atoms with Crippen LogP contribution >= 0.6 is 35.6 Å². The lowest BCUT2D eigenvalue weighted by atomic mass is 10.0. The van der Waals surface area contributed by atoms with Gasteiger partial charge >= 0.3 is 0 Å². The smallest absolute Gasteiger partial charge is 0.237 e. The summed E-state index contributed by atoms with van der Waals surface area (Å²) in [5, 5.41) is 7.65. The topological polar surface area (TPSA) is 44.4 Å². The van der Waals surface area contributed by atoms with Crippen molar-refractivity contribution in [3.05, 3.63) is 33.8 Å². The summed E-state index contributed by atoms with van der Waals surface area (Å²) >= 11 is 12.0. The Morgan fingerprint density at radius 2 is 1.96 bits per heavy atom. The van der Waals surface area contributed by atoms with Gasteiger partial charge in [0.2, 0.25) is 5.91 Å². The van der Waals surface area contributed by atoms with E-state index in [-0.39, 0.29) is 24.4 Å². The first-order valence-corrected chi connectivity index (χ1v) is 9.07. The van der Waals surface area contributed by atoms with E-state index in [1.165, 1.54) is 5.56 Å². The number of nitrogens with one attached hydrogen (secondary N) is 2. The first-order chi connectivity index (χ1) is 11.1. The van der Waals surface area contributed by atoms with Gasteiger partial charge in [-0.25, -0.2) is 0 Å². The van der Waals surface area contributed by atoms with Gasteiger partial charge in [-0.3, -0.25) is 9.69 Å². The van der Waals surface area contributed by atoms with Crippen LogP contribution in [0.25, 0.3) is 0 Å². The Morgan fingerprint density at radius 3 is 2.58 bits per heavy atom. The van der Waals surface area contributed by atoms with E-state index in [9.17, 15) is 4.79 Å². The van der Waals surface area contributed by atoms with Crippen molar-refractivity contribution in [3.63, 3.8) is 0 Å². The molecule has 2 aliphatic heterocycles. The molecule has 3 rings (SSSR count). The Bertz CT molecular complexity index is 556. The van der Waals surface area contributed by atoms with E-state index in [0.29, 0.717) is 16.1 Å². The number of carbonyl (C=O) groups excluding carboxylic acids is 1. The number of amides is 1. The number of halogens is 3. The molecule has 0 radical (unpaired) electrons. The Labute approximate surface area is 159 Å². The largest absolute Gasteiger partial charge is 0.352 e. The molecule has 4 nitrogen and oxygen atoms in total. The summed E-state index contributed by atoms with van der Waals surface area (Å²) in [5.74, 6) is 0.172. The zero-order valence-electron chi connectivity index (χ0n) is 13.6. The van der Waals surface area contributed by atoms with Crippen LogP contribution in [0.5, 0.6) is 0 Å². The number of hydrogen-bond acceptors (Lipinski definition) is 3. The lowest BCUT2D eigenvalue weighted by molar-refractivity contribution is -0.123. The zero-order valence-corrected chi connectivity index (χ0v) is 15.9. The number of piperidine rings is 1. The highest BCUT2D eigenvalue weighted by atomic mass is 35.5. The lowest BCUT2D eigenvalue weighted by Crippen LogP contribution is -2.49. The van der Waals surface area contributed by atoms with Gasteiger partial charge in [0.05, 0.1) is 16.1 Å². The van der Waals surface area contributed by atoms with Gasteiger partial charge < -0.3 is 10.6 Å². The van der Waals surface area contributed by atoms with Crippen LogP contribution in [-0.4, -0.2) is 42.5 Å².